The molecule has 2 aliphatic rings. The van der Waals surface area contributed by atoms with Gasteiger partial charge in [-0.1, -0.05) is 13.8 Å². The summed E-state index contributed by atoms with van der Waals surface area (Å²) >= 11 is 0. The molecule has 0 aromatic heterocycles. The minimum Gasteiger partial charge on any atom is -0.375 e. The fourth-order valence-electron chi connectivity index (χ4n) is 2.79. The molecular weight excluding hydrogens is 304 g/mol. The van der Waals surface area contributed by atoms with Gasteiger partial charge in [0.1, 0.15) is 6.04 Å². The molecule has 0 unspecified atom stereocenters. The first-order valence-electron chi connectivity index (χ1n) is 8.06. The van der Waals surface area contributed by atoms with Crippen molar-refractivity contribution in [3.8, 4) is 0 Å². The molecular formula is C15H28N2O4S. The number of hydrogen-bond acceptors (Lipinski definition) is 4. The van der Waals surface area contributed by atoms with E-state index in [1.165, 1.54) is 0 Å². The molecule has 22 heavy (non-hydrogen) atoms. The Morgan fingerprint density at radius 2 is 1.86 bits per heavy atom. The van der Waals surface area contributed by atoms with E-state index >= 15 is 0 Å². The average molecular weight is 332 g/mol. The fourth-order valence-corrected chi connectivity index (χ4v) is 4.47. The van der Waals surface area contributed by atoms with Crippen LogP contribution in [0.4, 0.5) is 0 Å². The molecule has 1 saturated heterocycles. The van der Waals surface area contributed by atoms with Gasteiger partial charge in [0.05, 0.1) is 10.9 Å². The molecule has 0 aromatic carbocycles. The third-order valence-corrected chi connectivity index (χ3v) is 6.18. The van der Waals surface area contributed by atoms with Crippen LogP contribution >= 0.6 is 0 Å². The van der Waals surface area contributed by atoms with Gasteiger partial charge in [-0.15, -0.1) is 0 Å². The van der Waals surface area contributed by atoms with Crippen LogP contribution < -0.4 is 10.0 Å². The highest BCUT2D eigenvalue weighted by Crippen LogP contribution is 2.28. The molecule has 2 atom stereocenters. The molecule has 1 amide bonds. The standard InChI is InChI=1S/C15H28N2O4S/c1-10(2)13(17-22(19,20)12-5-6-12)14(18)16-11-7-8-21-15(3,4)9-11/h10-13,17H,5-9H2,1-4H3,(H,16,18)/t11-,13-/m1/s1. The Hall–Kier alpha value is -0.660. The van der Waals surface area contributed by atoms with E-state index in [-0.39, 0.29) is 28.7 Å². The lowest BCUT2D eigenvalue weighted by Gasteiger charge is -2.36. The van der Waals surface area contributed by atoms with Crippen LogP contribution in [0, 0.1) is 5.92 Å². The first-order chi connectivity index (χ1) is 10.1. The largest absolute Gasteiger partial charge is 0.375 e. The molecule has 7 heteroatoms. The fraction of sp³-hybridized carbons (Fsp3) is 0.933. The van der Waals surface area contributed by atoms with Gasteiger partial charge < -0.3 is 10.1 Å². The van der Waals surface area contributed by atoms with Gasteiger partial charge in [-0.05, 0) is 45.4 Å². The van der Waals surface area contributed by atoms with Crippen LogP contribution in [0.15, 0.2) is 0 Å². The summed E-state index contributed by atoms with van der Waals surface area (Å²) in [5.74, 6) is -0.330. The van der Waals surface area contributed by atoms with Crippen molar-refractivity contribution in [2.75, 3.05) is 6.61 Å². The zero-order chi connectivity index (χ0) is 16.5. The normalized spacial score (nSPS) is 26.7. The van der Waals surface area contributed by atoms with Crippen LogP contribution in [0.2, 0.25) is 0 Å². The van der Waals surface area contributed by atoms with Gasteiger partial charge in [-0.2, -0.15) is 0 Å². The van der Waals surface area contributed by atoms with Gasteiger partial charge in [-0.25, -0.2) is 13.1 Å². The molecule has 0 aromatic rings. The summed E-state index contributed by atoms with van der Waals surface area (Å²) < 4.78 is 32.4. The lowest BCUT2D eigenvalue weighted by Crippen LogP contribution is -2.54. The summed E-state index contributed by atoms with van der Waals surface area (Å²) in [6.45, 7) is 8.32. The third-order valence-electron chi connectivity index (χ3n) is 4.25. The van der Waals surface area contributed by atoms with E-state index in [0.29, 0.717) is 19.4 Å². The molecule has 0 bridgehead atoms. The van der Waals surface area contributed by atoms with Crippen LogP contribution in [0.25, 0.3) is 0 Å². The number of amides is 1. The summed E-state index contributed by atoms with van der Waals surface area (Å²) in [6, 6.07) is -0.681. The lowest BCUT2D eigenvalue weighted by molar-refractivity contribution is -0.126. The van der Waals surface area contributed by atoms with Gasteiger partial charge in [0.2, 0.25) is 15.9 Å². The Morgan fingerprint density at radius 3 is 2.36 bits per heavy atom. The first-order valence-corrected chi connectivity index (χ1v) is 9.61. The maximum atomic E-state index is 12.5. The van der Waals surface area contributed by atoms with Crippen molar-refractivity contribution in [2.24, 2.45) is 5.92 Å². The van der Waals surface area contributed by atoms with Crippen molar-refractivity contribution >= 4 is 15.9 Å². The highest BCUT2D eigenvalue weighted by atomic mass is 32.2. The Bertz CT molecular complexity index is 512. The van der Waals surface area contributed by atoms with Crippen molar-refractivity contribution in [1.29, 1.82) is 0 Å². The molecule has 1 aliphatic heterocycles. The smallest absolute Gasteiger partial charge is 0.238 e. The molecule has 2 fully saturated rings. The summed E-state index contributed by atoms with van der Waals surface area (Å²) in [5.41, 5.74) is -0.253. The SMILES string of the molecule is CC(C)[C@@H](NS(=O)(=O)C1CC1)C(=O)N[C@@H]1CCOC(C)(C)C1. The Balaban J connectivity index is 1.97. The number of nitrogens with one attached hydrogen (secondary N) is 2. The van der Waals surface area contributed by atoms with Gasteiger partial charge in [0.15, 0.2) is 0 Å². The second kappa shape index (κ2) is 6.45. The third kappa shape index (κ3) is 4.67. The number of carbonyl (C=O) groups is 1. The zero-order valence-electron chi connectivity index (χ0n) is 13.9. The maximum absolute atomic E-state index is 12.5. The highest BCUT2D eigenvalue weighted by molar-refractivity contribution is 7.90. The molecule has 0 radical (unpaired) electrons. The second-order valence-corrected chi connectivity index (χ2v) is 9.38. The monoisotopic (exact) mass is 332 g/mol. The topological polar surface area (TPSA) is 84.5 Å². The number of sulfonamides is 1. The minimum absolute atomic E-state index is 0.0305. The van der Waals surface area contributed by atoms with Gasteiger partial charge in [0, 0.05) is 12.6 Å². The van der Waals surface area contributed by atoms with Gasteiger partial charge >= 0.3 is 0 Å². The lowest BCUT2D eigenvalue weighted by atomic mass is 9.93. The van der Waals surface area contributed by atoms with E-state index in [0.717, 1.165) is 12.8 Å². The number of hydrogen-bond donors (Lipinski definition) is 2. The second-order valence-electron chi connectivity index (χ2n) is 7.39. The van der Waals surface area contributed by atoms with Gasteiger partial charge in [-0.3, -0.25) is 4.79 Å². The van der Waals surface area contributed by atoms with Crippen molar-refractivity contribution in [1.82, 2.24) is 10.0 Å². The highest BCUT2D eigenvalue weighted by Gasteiger charge is 2.39. The van der Waals surface area contributed by atoms with Crippen LogP contribution in [-0.4, -0.2) is 43.9 Å². The quantitative estimate of drug-likeness (QED) is 0.764. The minimum atomic E-state index is -3.38. The van der Waals surface area contributed by atoms with E-state index in [4.69, 9.17) is 4.74 Å². The van der Waals surface area contributed by atoms with E-state index in [1.54, 1.807) is 0 Å². The van der Waals surface area contributed by atoms with Crippen molar-refractivity contribution < 1.29 is 17.9 Å². The van der Waals surface area contributed by atoms with Crippen molar-refractivity contribution in [3.63, 3.8) is 0 Å². The van der Waals surface area contributed by atoms with Crippen LogP contribution in [-0.2, 0) is 19.6 Å². The van der Waals surface area contributed by atoms with Crippen molar-refractivity contribution in [2.45, 2.75) is 76.3 Å². The molecule has 0 spiro atoms. The summed E-state index contributed by atoms with van der Waals surface area (Å²) in [6.07, 6.45) is 2.88. The molecule has 2 rings (SSSR count). The molecule has 2 N–H and O–H groups in total. The van der Waals surface area contributed by atoms with E-state index in [9.17, 15) is 13.2 Å². The molecule has 6 nitrogen and oxygen atoms in total. The first kappa shape index (κ1) is 17.7. The Kier molecular flexibility index (Phi) is 5.19. The van der Waals surface area contributed by atoms with Crippen LogP contribution in [0.5, 0.6) is 0 Å². The number of ether oxygens (including phenoxy) is 1. The number of rotatable bonds is 6. The Morgan fingerprint density at radius 1 is 1.23 bits per heavy atom. The average Bonchev–Trinajstić information content (AvgIpc) is 3.18. The Labute approximate surface area is 133 Å². The number of carbonyl (C=O) groups excluding carboxylic acids is 1. The van der Waals surface area contributed by atoms with Crippen LogP contribution in [0.1, 0.15) is 53.4 Å². The van der Waals surface area contributed by atoms with E-state index in [1.807, 2.05) is 27.7 Å². The van der Waals surface area contributed by atoms with Crippen LogP contribution in [0.3, 0.4) is 0 Å². The molecule has 128 valence electrons. The van der Waals surface area contributed by atoms with E-state index < -0.39 is 16.1 Å². The molecule has 1 heterocycles. The van der Waals surface area contributed by atoms with E-state index in [2.05, 4.69) is 10.0 Å². The zero-order valence-corrected chi connectivity index (χ0v) is 14.7. The van der Waals surface area contributed by atoms with Gasteiger partial charge in [0.25, 0.3) is 0 Å². The van der Waals surface area contributed by atoms with Crippen molar-refractivity contribution in [3.05, 3.63) is 0 Å². The predicted molar refractivity (Wildman–Crippen MR) is 84.9 cm³/mol. The summed E-state index contributed by atoms with van der Waals surface area (Å²) in [7, 11) is -3.38. The summed E-state index contributed by atoms with van der Waals surface area (Å²) in [4.78, 5) is 12.5. The molecule has 1 aliphatic carbocycles. The maximum Gasteiger partial charge on any atom is 0.238 e. The predicted octanol–water partition coefficient (Wildman–Crippen LogP) is 1.17. The molecule has 1 saturated carbocycles. The summed E-state index contributed by atoms with van der Waals surface area (Å²) in [5, 5.41) is 2.68.